The van der Waals surface area contributed by atoms with Crippen LogP contribution in [0, 0.1) is 0 Å². The van der Waals surface area contributed by atoms with E-state index in [0.29, 0.717) is 6.42 Å². The van der Waals surface area contributed by atoms with Gasteiger partial charge in [-0.1, -0.05) is 40.2 Å². The first-order chi connectivity index (χ1) is 7.74. The Hall–Kier alpha value is -1.41. The van der Waals surface area contributed by atoms with Gasteiger partial charge >= 0.3 is 0 Å². The van der Waals surface area contributed by atoms with Crippen molar-refractivity contribution in [3.8, 4) is 0 Å². The number of hydrogen-bond donors (Lipinski definition) is 0. The number of carbonyl (C=O) groups is 1. The van der Waals surface area contributed by atoms with Crippen molar-refractivity contribution in [3.63, 3.8) is 0 Å². The van der Waals surface area contributed by atoms with E-state index in [-0.39, 0.29) is 5.78 Å². The Morgan fingerprint density at radius 3 is 2.88 bits per heavy atom. The van der Waals surface area contributed by atoms with Crippen LogP contribution in [0.3, 0.4) is 0 Å². The van der Waals surface area contributed by atoms with Gasteiger partial charge in [0.1, 0.15) is 0 Å². The largest absolute Gasteiger partial charge is 0.294 e. The summed E-state index contributed by atoms with van der Waals surface area (Å²) in [7, 11) is 0. The van der Waals surface area contributed by atoms with Crippen molar-refractivity contribution in [2.24, 2.45) is 0 Å². The maximum absolute atomic E-state index is 11.3. The fourth-order valence-electron chi connectivity index (χ4n) is 2.09. The SMILES string of the molecule is O=C1C=Cc2cc3c(Br)cccc3cc2C1. The lowest BCUT2D eigenvalue weighted by molar-refractivity contribution is -0.114. The van der Waals surface area contributed by atoms with Crippen molar-refractivity contribution in [2.75, 3.05) is 0 Å². The molecule has 0 unspecified atom stereocenters. The molecule has 2 heteroatoms. The zero-order valence-corrected chi connectivity index (χ0v) is 10.1. The Morgan fingerprint density at radius 2 is 2.00 bits per heavy atom. The third-order valence-electron chi connectivity index (χ3n) is 2.90. The van der Waals surface area contributed by atoms with Gasteiger partial charge in [0.15, 0.2) is 5.78 Å². The second-order valence-electron chi connectivity index (χ2n) is 3.99. The van der Waals surface area contributed by atoms with Gasteiger partial charge in [0.2, 0.25) is 0 Å². The molecule has 2 aromatic rings. The van der Waals surface area contributed by atoms with E-state index in [1.54, 1.807) is 6.08 Å². The lowest BCUT2D eigenvalue weighted by atomic mass is 9.93. The fourth-order valence-corrected chi connectivity index (χ4v) is 2.58. The first-order valence-electron chi connectivity index (χ1n) is 5.16. The Balaban J connectivity index is 2.34. The van der Waals surface area contributed by atoms with Gasteiger partial charge in [0.25, 0.3) is 0 Å². The fraction of sp³-hybridized carbons (Fsp3) is 0.0714. The maximum Gasteiger partial charge on any atom is 0.160 e. The van der Waals surface area contributed by atoms with Gasteiger partial charge in [0, 0.05) is 10.9 Å². The molecule has 16 heavy (non-hydrogen) atoms. The molecule has 0 aliphatic heterocycles. The first-order valence-corrected chi connectivity index (χ1v) is 5.95. The summed E-state index contributed by atoms with van der Waals surface area (Å²) in [5, 5.41) is 2.37. The van der Waals surface area contributed by atoms with Crippen molar-refractivity contribution < 1.29 is 4.79 Å². The Bertz CT molecular complexity index is 626. The minimum absolute atomic E-state index is 0.182. The molecule has 1 aliphatic rings. The summed E-state index contributed by atoms with van der Waals surface area (Å²) in [6.07, 6.45) is 4.08. The summed E-state index contributed by atoms with van der Waals surface area (Å²) in [6, 6.07) is 10.4. The standard InChI is InChI=1S/C14H9BrO/c15-14-3-1-2-10-6-11-7-12(16)5-4-9(11)8-13(10)14/h1-6,8H,7H2. The molecule has 1 nitrogen and oxygen atoms in total. The molecule has 0 amide bonds. The summed E-state index contributed by atoms with van der Waals surface area (Å²) >= 11 is 3.55. The highest BCUT2D eigenvalue weighted by atomic mass is 79.9. The molecule has 78 valence electrons. The van der Waals surface area contributed by atoms with Crippen molar-refractivity contribution in [1.82, 2.24) is 0 Å². The minimum Gasteiger partial charge on any atom is -0.294 e. The number of rotatable bonds is 0. The molecule has 0 radical (unpaired) electrons. The van der Waals surface area contributed by atoms with Gasteiger partial charge in [-0.05, 0) is 40.1 Å². The van der Waals surface area contributed by atoms with E-state index in [1.165, 1.54) is 10.8 Å². The number of halogens is 1. The minimum atomic E-state index is 0.182. The highest BCUT2D eigenvalue weighted by molar-refractivity contribution is 9.10. The third-order valence-corrected chi connectivity index (χ3v) is 3.59. The van der Waals surface area contributed by atoms with Crippen molar-refractivity contribution in [2.45, 2.75) is 6.42 Å². The van der Waals surface area contributed by atoms with E-state index in [2.05, 4.69) is 34.1 Å². The predicted octanol–water partition coefficient (Wildman–Crippen LogP) is 3.74. The molecule has 1 aliphatic carbocycles. The number of fused-ring (bicyclic) bond motifs is 2. The topological polar surface area (TPSA) is 17.1 Å². The monoisotopic (exact) mass is 272 g/mol. The summed E-state index contributed by atoms with van der Waals surface area (Å²) in [5.41, 5.74) is 2.28. The zero-order valence-electron chi connectivity index (χ0n) is 8.53. The molecule has 2 aromatic carbocycles. The van der Waals surface area contributed by atoms with E-state index >= 15 is 0 Å². The molecule has 0 spiro atoms. The first kappa shape index (κ1) is 9.79. The summed E-state index contributed by atoms with van der Waals surface area (Å²) in [4.78, 5) is 11.3. The molecule has 0 aromatic heterocycles. The van der Waals surface area contributed by atoms with E-state index in [4.69, 9.17) is 0 Å². The maximum atomic E-state index is 11.3. The molecule has 0 bridgehead atoms. The Morgan fingerprint density at radius 1 is 1.12 bits per heavy atom. The van der Waals surface area contributed by atoms with Crippen LogP contribution in [0.15, 0.2) is 40.9 Å². The van der Waals surface area contributed by atoms with Crippen molar-refractivity contribution >= 4 is 38.6 Å². The molecule has 0 N–H and O–H groups in total. The van der Waals surface area contributed by atoms with Crippen LogP contribution in [0.2, 0.25) is 0 Å². The molecule has 0 saturated heterocycles. The van der Waals surface area contributed by atoms with Gasteiger partial charge in [-0.3, -0.25) is 4.79 Å². The van der Waals surface area contributed by atoms with Crippen molar-refractivity contribution in [1.29, 1.82) is 0 Å². The highest BCUT2D eigenvalue weighted by Gasteiger charge is 2.11. The number of carbonyl (C=O) groups excluding carboxylic acids is 1. The summed E-state index contributed by atoms with van der Waals surface area (Å²) < 4.78 is 1.10. The molecule has 0 saturated carbocycles. The normalized spacial score (nSPS) is 14.2. The van der Waals surface area contributed by atoms with Gasteiger partial charge in [-0.25, -0.2) is 0 Å². The highest BCUT2D eigenvalue weighted by Crippen LogP contribution is 2.29. The Kier molecular flexibility index (Phi) is 2.18. The summed E-state index contributed by atoms with van der Waals surface area (Å²) in [6.45, 7) is 0. The van der Waals surface area contributed by atoms with Crippen LogP contribution >= 0.6 is 15.9 Å². The summed E-state index contributed by atoms with van der Waals surface area (Å²) in [5.74, 6) is 0.182. The van der Waals surface area contributed by atoms with Crippen LogP contribution < -0.4 is 0 Å². The van der Waals surface area contributed by atoms with E-state index in [0.717, 1.165) is 15.6 Å². The average molecular weight is 273 g/mol. The molecule has 0 fully saturated rings. The van der Waals surface area contributed by atoms with Crippen LogP contribution in [0.4, 0.5) is 0 Å². The predicted molar refractivity (Wildman–Crippen MR) is 69.4 cm³/mol. The number of benzene rings is 2. The number of ketones is 1. The van der Waals surface area contributed by atoms with Crippen molar-refractivity contribution in [3.05, 3.63) is 52.0 Å². The molecule has 0 heterocycles. The number of hydrogen-bond acceptors (Lipinski definition) is 1. The smallest absolute Gasteiger partial charge is 0.160 e. The molecular weight excluding hydrogens is 264 g/mol. The van der Waals surface area contributed by atoms with Gasteiger partial charge < -0.3 is 0 Å². The number of allylic oxidation sites excluding steroid dienone is 1. The molecule has 3 rings (SSSR count). The average Bonchev–Trinajstić information content (AvgIpc) is 2.27. The zero-order chi connectivity index (χ0) is 11.1. The third kappa shape index (κ3) is 1.50. The van der Waals surface area contributed by atoms with Gasteiger partial charge in [0.05, 0.1) is 0 Å². The lowest BCUT2D eigenvalue weighted by Gasteiger charge is -2.11. The molecular formula is C14H9BrO. The van der Waals surface area contributed by atoms with Gasteiger partial charge in [-0.2, -0.15) is 0 Å². The molecule has 0 atom stereocenters. The van der Waals surface area contributed by atoms with Crippen LogP contribution in [0.1, 0.15) is 11.1 Å². The van der Waals surface area contributed by atoms with Crippen LogP contribution in [-0.2, 0) is 11.2 Å². The van der Waals surface area contributed by atoms with Crippen LogP contribution in [0.25, 0.3) is 16.8 Å². The quantitative estimate of drug-likeness (QED) is 0.714. The van der Waals surface area contributed by atoms with E-state index in [9.17, 15) is 4.79 Å². The van der Waals surface area contributed by atoms with Crippen LogP contribution in [0.5, 0.6) is 0 Å². The lowest BCUT2D eigenvalue weighted by Crippen LogP contribution is -2.05. The second-order valence-corrected chi connectivity index (χ2v) is 4.84. The van der Waals surface area contributed by atoms with E-state index in [1.807, 2.05) is 18.2 Å². The van der Waals surface area contributed by atoms with Crippen LogP contribution in [-0.4, -0.2) is 5.78 Å². The van der Waals surface area contributed by atoms with Gasteiger partial charge in [-0.15, -0.1) is 0 Å². The second kappa shape index (κ2) is 3.56. The Labute approximate surface area is 102 Å². The van der Waals surface area contributed by atoms with E-state index < -0.39 is 0 Å².